The molecule has 0 spiro atoms. The van der Waals surface area contributed by atoms with Crippen molar-refractivity contribution in [3.05, 3.63) is 59.2 Å². The maximum absolute atomic E-state index is 12.3. The van der Waals surface area contributed by atoms with Crippen molar-refractivity contribution in [3.63, 3.8) is 0 Å². The SMILES string of the molecule is COc1cc(CNC(=O)NC2CCc3ccccc32)ccc1OC(F)F. The van der Waals surface area contributed by atoms with Gasteiger partial charge in [-0.15, -0.1) is 0 Å². The van der Waals surface area contributed by atoms with Gasteiger partial charge in [-0.05, 0) is 41.7 Å². The van der Waals surface area contributed by atoms with Gasteiger partial charge in [0.05, 0.1) is 13.2 Å². The van der Waals surface area contributed by atoms with E-state index in [9.17, 15) is 13.6 Å². The summed E-state index contributed by atoms with van der Waals surface area (Å²) in [5.41, 5.74) is 3.13. The Kier molecular flexibility index (Phi) is 5.55. The van der Waals surface area contributed by atoms with E-state index >= 15 is 0 Å². The first-order chi connectivity index (χ1) is 12.6. The van der Waals surface area contributed by atoms with Crippen LogP contribution in [0.2, 0.25) is 0 Å². The molecular weight excluding hydrogens is 342 g/mol. The molecule has 1 unspecified atom stereocenters. The number of nitrogens with one attached hydrogen (secondary N) is 2. The first-order valence-corrected chi connectivity index (χ1v) is 8.30. The highest BCUT2D eigenvalue weighted by molar-refractivity contribution is 5.74. The summed E-state index contributed by atoms with van der Waals surface area (Å²) in [5.74, 6) is 0.146. The van der Waals surface area contributed by atoms with Gasteiger partial charge in [0.15, 0.2) is 11.5 Å². The molecule has 2 amide bonds. The maximum atomic E-state index is 12.3. The Balaban J connectivity index is 1.56. The van der Waals surface area contributed by atoms with Crippen LogP contribution >= 0.6 is 0 Å². The molecule has 2 aromatic carbocycles. The highest BCUT2D eigenvalue weighted by Gasteiger charge is 2.23. The molecule has 0 heterocycles. The fourth-order valence-corrected chi connectivity index (χ4v) is 3.11. The number of benzene rings is 2. The molecule has 1 aliphatic carbocycles. The lowest BCUT2D eigenvalue weighted by atomic mass is 10.1. The van der Waals surface area contributed by atoms with Crippen molar-refractivity contribution < 1.29 is 23.0 Å². The van der Waals surface area contributed by atoms with E-state index in [0.717, 1.165) is 18.4 Å². The molecule has 0 aliphatic heterocycles. The Morgan fingerprint density at radius 1 is 1.23 bits per heavy atom. The molecule has 1 aliphatic rings. The molecule has 0 saturated heterocycles. The topological polar surface area (TPSA) is 59.6 Å². The molecule has 138 valence electrons. The lowest BCUT2D eigenvalue weighted by molar-refractivity contribution is -0.0512. The van der Waals surface area contributed by atoms with Crippen LogP contribution in [0.3, 0.4) is 0 Å². The zero-order chi connectivity index (χ0) is 18.5. The minimum Gasteiger partial charge on any atom is -0.493 e. The molecule has 0 saturated carbocycles. The highest BCUT2D eigenvalue weighted by Crippen LogP contribution is 2.31. The fraction of sp³-hybridized carbons (Fsp3) is 0.316. The average molecular weight is 362 g/mol. The minimum absolute atomic E-state index is 0.00236. The van der Waals surface area contributed by atoms with E-state index in [2.05, 4.69) is 21.4 Å². The van der Waals surface area contributed by atoms with E-state index in [1.807, 2.05) is 18.2 Å². The summed E-state index contributed by atoms with van der Waals surface area (Å²) in [4.78, 5) is 12.2. The zero-order valence-electron chi connectivity index (χ0n) is 14.3. The van der Waals surface area contributed by atoms with Crippen LogP contribution in [0.25, 0.3) is 0 Å². The Bertz CT molecular complexity index is 783. The van der Waals surface area contributed by atoms with Crippen LogP contribution < -0.4 is 20.1 Å². The quantitative estimate of drug-likeness (QED) is 0.822. The molecule has 1 atom stereocenters. The number of aryl methyl sites for hydroxylation is 1. The van der Waals surface area contributed by atoms with Crippen LogP contribution in [0.4, 0.5) is 13.6 Å². The van der Waals surface area contributed by atoms with Crippen LogP contribution in [0.15, 0.2) is 42.5 Å². The first-order valence-electron chi connectivity index (χ1n) is 8.30. The Morgan fingerprint density at radius 3 is 2.81 bits per heavy atom. The third-order valence-electron chi connectivity index (χ3n) is 4.34. The average Bonchev–Trinajstić information content (AvgIpc) is 3.03. The van der Waals surface area contributed by atoms with Crippen LogP contribution in [-0.2, 0) is 13.0 Å². The lowest BCUT2D eigenvalue weighted by Gasteiger charge is -2.15. The number of urea groups is 1. The smallest absolute Gasteiger partial charge is 0.387 e. The van der Waals surface area contributed by atoms with Crippen molar-refractivity contribution in [2.24, 2.45) is 0 Å². The van der Waals surface area contributed by atoms with Crippen molar-refractivity contribution in [1.82, 2.24) is 10.6 Å². The van der Waals surface area contributed by atoms with Gasteiger partial charge in [0.25, 0.3) is 0 Å². The number of carbonyl (C=O) groups is 1. The predicted octanol–water partition coefficient (Wildman–Crippen LogP) is 3.78. The van der Waals surface area contributed by atoms with E-state index < -0.39 is 6.61 Å². The number of halogens is 2. The summed E-state index contributed by atoms with van der Waals surface area (Å²) in [5, 5.41) is 5.74. The molecule has 2 aromatic rings. The summed E-state index contributed by atoms with van der Waals surface area (Å²) in [6.07, 6.45) is 1.82. The summed E-state index contributed by atoms with van der Waals surface area (Å²) >= 11 is 0. The maximum Gasteiger partial charge on any atom is 0.387 e. The van der Waals surface area contributed by atoms with Gasteiger partial charge < -0.3 is 20.1 Å². The Hall–Kier alpha value is -2.83. The first kappa shape index (κ1) is 18.0. The van der Waals surface area contributed by atoms with Gasteiger partial charge >= 0.3 is 12.6 Å². The minimum atomic E-state index is -2.92. The molecule has 0 bridgehead atoms. The van der Waals surface area contributed by atoms with Crippen LogP contribution in [0.1, 0.15) is 29.2 Å². The molecular formula is C19H20F2N2O3. The van der Waals surface area contributed by atoms with Gasteiger partial charge in [-0.3, -0.25) is 0 Å². The number of methoxy groups -OCH3 is 1. The summed E-state index contributed by atoms with van der Waals surface area (Å²) in [7, 11) is 1.37. The van der Waals surface area contributed by atoms with Crippen molar-refractivity contribution in [2.75, 3.05) is 7.11 Å². The molecule has 0 fully saturated rings. The zero-order valence-corrected chi connectivity index (χ0v) is 14.3. The third kappa shape index (κ3) is 4.22. The molecule has 7 heteroatoms. The number of amides is 2. The number of ether oxygens (including phenoxy) is 2. The van der Waals surface area contributed by atoms with Gasteiger partial charge in [0.2, 0.25) is 0 Å². The fourth-order valence-electron chi connectivity index (χ4n) is 3.11. The van der Waals surface area contributed by atoms with Gasteiger partial charge in [-0.2, -0.15) is 8.78 Å². The molecule has 2 N–H and O–H groups in total. The number of hydrogen-bond acceptors (Lipinski definition) is 3. The number of hydrogen-bond donors (Lipinski definition) is 2. The number of carbonyl (C=O) groups excluding carboxylic acids is 1. The molecule has 0 radical (unpaired) electrons. The van der Waals surface area contributed by atoms with Crippen LogP contribution in [-0.4, -0.2) is 19.8 Å². The van der Waals surface area contributed by atoms with Crippen molar-refractivity contribution >= 4 is 6.03 Å². The molecule has 0 aromatic heterocycles. The third-order valence-corrected chi connectivity index (χ3v) is 4.34. The Morgan fingerprint density at radius 2 is 2.04 bits per heavy atom. The second-order valence-electron chi connectivity index (χ2n) is 5.98. The van der Waals surface area contributed by atoms with Crippen LogP contribution in [0.5, 0.6) is 11.5 Å². The molecule has 5 nitrogen and oxygen atoms in total. The van der Waals surface area contributed by atoms with E-state index in [4.69, 9.17) is 4.74 Å². The van der Waals surface area contributed by atoms with E-state index in [-0.39, 0.29) is 30.1 Å². The summed E-state index contributed by atoms with van der Waals surface area (Å²) in [6.45, 7) is -2.68. The van der Waals surface area contributed by atoms with Gasteiger partial charge in [-0.1, -0.05) is 30.3 Å². The predicted molar refractivity (Wildman–Crippen MR) is 92.5 cm³/mol. The normalized spacial score (nSPS) is 15.5. The second kappa shape index (κ2) is 8.03. The van der Waals surface area contributed by atoms with Gasteiger partial charge in [0, 0.05) is 6.54 Å². The van der Waals surface area contributed by atoms with E-state index in [1.165, 1.54) is 18.7 Å². The van der Waals surface area contributed by atoms with Crippen molar-refractivity contribution in [1.29, 1.82) is 0 Å². The largest absolute Gasteiger partial charge is 0.493 e. The van der Waals surface area contributed by atoms with Crippen molar-refractivity contribution in [3.8, 4) is 11.5 Å². The summed E-state index contributed by atoms with van der Waals surface area (Å²) < 4.78 is 34.1. The monoisotopic (exact) mass is 362 g/mol. The summed E-state index contributed by atoms with van der Waals surface area (Å²) in [6, 6.07) is 12.3. The van der Waals surface area contributed by atoms with Gasteiger partial charge in [0.1, 0.15) is 0 Å². The van der Waals surface area contributed by atoms with E-state index in [1.54, 1.807) is 12.1 Å². The number of alkyl halides is 2. The standard InChI is InChI=1S/C19H20F2N2O3/c1-25-17-10-12(6-9-16(17)26-18(20)21)11-22-19(24)23-15-8-7-13-4-2-3-5-14(13)15/h2-6,9-10,15,18H,7-8,11H2,1H3,(H2,22,23,24). The van der Waals surface area contributed by atoms with Crippen molar-refractivity contribution in [2.45, 2.75) is 32.0 Å². The highest BCUT2D eigenvalue weighted by atomic mass is 19.3. The lowest BCUT2D eigenvalue weighted by Crippen LogP contribution is -2.36. The van der Waals surface area contributed by atoms with E-state index in [0.29, 0.717) is 5.56 Å². The Labute approximate surface area is 150 Å². The van der Waals surface area contributed by atoms with Gasteiger partial charge in [-0.25, -0.2) is 4.79 Å². The number of rotatable bonds is 6. The molecule has 26 heavy (non-hydrogen) atoms. The molecule has 3 rings (SSSR count). The number of fused-ring (bicyclic) bond motifs is 1. The second-order valence-corrected chi connectivity index (χ2v) is 5.98. The van der Waals surface area contributed by atoms with Crippen LogP contribution in [0, 0.1) is 0 Å².